The van der Waals surface area contributed by atoms with Crippen molar-refractivity contribution < 1.29 is 89.4 Å². The molecule has 17 atom stereocenters. The molecule has 3 aliphatic heterocycles. The zero-order chi connectivity index (χ0) is 69.6. The minimum atomic E-state index is -1.98. The van der Waals surface area contributed by atoms with Crippen LogP contribution in [0, 0.1) is 0 Å². The van der Waals surface area contributed by atoms with Crippen molar-refractivity contribution in [1.82, 2.24) is 5.32 Å². The predicted octanol–water partition coefficient (Wildman–Crippen LogP) is 12.1. The molecule has 96 heavy (non-hydrogen) atoms. The SMILES string of the molecule is CCCCCCC/C=C\C/C=C\CCCCCCCCCCCCCCCCCCCCCCCCCC(=O)NC(COC1OC(CO)C(OC2OC(CO)C(OC3OC(CO)C(O)C(O)C3O)C(O)C2O)C(O)C1O)C(O)/C=C/CC/C=C/CCCCCCCCCCCC. The molecule has 0 saturated carbocycles. The van der Waals surface area contributed by atoms with Gasteiger partial charge in [0.25, 0.3) is 0 Å². The standard InChI is InChI=1S/C77H141NO18/c1-3-5-7-9-11-13-15-17-19-21-22-23-24-25-26-27-28-29-30-31-32-33-34-35-36-37-38-39-41-43-45-47-49-51-53-55-65(83)78-60(61(82)54-52-50-48-46-44-42-40-20-18-16-14-12-10-8-6-4-2)59-91-75-71(89)68(86)73(63(57-80)93-75)96-77-72(90)69(87)74(64(58-81)94-77)95-76-70(88)67(85)66(84)62(56-79)92-76/h15,17,21-22,44,46,52,54,60-64,66-77,79-82,84-90H,3-14,16,18-20,23-43,45,47-51,53,55-59H2,1-2H3,(H,78,83)/b17-15-,22-21-,46-44+,54-52+. The first-order valence-electron chi connectivity index (χ1n) is 38.9. The number of hydrogen-bond donors (Lipinski definition) is 12. The van der Waals surface area contributed by atoms with Gasteiger partial charge in [-0.3, -0.25) is 4.79 Å². The number of hydrogen-bond acceptors (Lipinski definition) is 18. The van der Waals surface area contributed by atoms with E-state index in [-0.39, 0.29) is 18.9 Å². The molecule has 3 rings (SSSR count). The summed E-state index contributed by atoms with van der Waals surface area (Å²) in [5.74, 6) is -0.281. The van der Waals surface area contributed by atoms with Crippen molar-refractivity contribution in [2.24, 2.45) is 0 Å². The summed E-state index contributed by atoms with van der Waals surface area (Å²) in [5.41, 5.74) is 0. The van der Waals surface area contributed by atoms with Gasteiger partial charge in [-0.15, -0.1) is 0 Å². The van der Waals surface area contributed by atoms with E-state index < -0.39 is 124 Å². The molecule has 0 bridgehead atoms. The highest BCUT2D eigenvalue weighted by atomic mass is 16.8. The molecule has 0 spiro atoms. The Balaban J connectivity index is 1.34. The molecule has 3 fully saturated rings. The first-order valence-corrected chi connectivity index (χ1v) is 38.9. The minimum Gasteiger partial charge on any atom is -0.394 e. The van der Waals surface area contributed by atoms with Crippen molar-refractivity contribution in [3.05, 3.63) is 48.6 Å². The summed E-state index contributed by atoms with van der Waals surface area (Å²) < 4.78 is 34.4. The molecule has 0 aromatic carbocycles. The molecule has 3 saturated heterocycles. The van der Waals surface area contributed by atoms with Crippen LogP contribution in [-0.4, -0.2) is 193 Å². The van der Waals surface area contributed by atoms with Crippen LogP contribution >= 0.6 is 0 Å². The summed E-state index contributed by atoms with van der Waals surface area (Å²) in [6, 6.07) is -0.989. The van der Waals surface area contributed by atoms with Gasteiger partial charge in [0.2, 0.25) is 5.91 Å². The van der Waals surface area contributed by atoms with Gasteiger partial charge < -0.3 is 89.9 Å². The zero-order valence-electron chi connectivity index (χ0n) is 59.9. The van der Waals surface area contributed by atoms with E-state index in [0.717, 1.165) is 44.9 Å². The van der Waals surface area contributed by atoms with Gasteiger partial charge in [0.15, 0.2) is 18.9 Å². The predicted molar refractivity (Wildman–Crippen MR) is 379 cm³/mol. The van der Waals surface area contributed by atoms with Gasteiger partial charge in [-0.25, -0.2) is 0 Å². The van der Waals surface area contributed by atoms with Crippen LogP contribution in [0.3, 0.4) is 0 Å². The normalized spacial score (nSPS) is 27.3. The Bertz CT molecular complexity index is 1930. The van der Waals surface area contributed by atoms with Crippen molar-refractivity contribution in [2.45, 2.75) is 407 Å². The van der Waals surface area contributed by atoms with E-state index in [0.29, 0.717) is 12.8 Å². The van der Waals surface area contributed by atoms with Gasteiger partial charge in [-0.2, -0.15) is 0 Å². The van der Waals surface area contributed by atoms with Crippen LogP contribution < -0.4 is 5.32 Å². The average molecular weight is 1370 g/mol. The zero-order valence-corrected chi connectivity index (χ0v) is 59.9. The summed E-state index contributed by atoms with van der Waals surface area (Å²) in [6.07, 6.45) is 45.5. The molecule has 1 amide bonds. The first kappa shape index (κ1) is 88.0. The number of nitrogens with one attached hydrogen (secondary N) is 1. The van der Waals surface area contributed by atoms with E-state index in [9.17, 15) is 61.0 Å². The fraction of sp³-hybridized carbons (Fsp3) is 0.883. The fourth-order valence-corrected chi connectivity index (χ4v) is 13.1. The molecular formula is C77H141NO18. The quantitative estimate of drug-likeness (QED) is 0.0199. The lowest BCUT2D eigenvalue weighted by Gasteiger charge is -2.48. The smallest absolute Gasteiger partial charge is 0.220 e. The molecule has 3 heterocycles. The van der Waals surface area contributed by atoms with E-state index in [4.69, 9.17) is 28.4 Å². The Morgan fingerprint density at radius 2 is 0.698 bits per heavy atom. The number of carbonyl (C=O) groups is 1. The Morgan fingerprint density at radius 3 is 1.10 bits per heavy atom. The largest absolute Gasteiger partial charge is 0.394 e. The third-order valence-corrected chi connectivity index (χ3v) is 19.3. The second-order valence-corrected chi connectivity index (χ2v) is 27.8. The van der Waals surface area contributed by atoms with Crippen molar-refractivity contribution in [2.75, 3.05) is 26.4 Å². The minimum absolute atomic E-state index is 0.238. The van der Waals surface area contributed by atoms with Crippen LogP contribution in [0.15, 0.2) is 48.6 Å². The van der Waals surface area contributed by atoms with E-state index in [1.165, 1.54) is 225 Å². The van der Waals surface area contributed by atoms with E-state index in [2.05, 4.69) is 55.6 Å². The van der Waals surface area contributed by atoms with E-state index in [1.807, 2.05) is 6.08 Å². The summed E-state index contributed by atoms with van der Waals surface area (Å²) in [6.45, 7) is 1.73. The summed E-state index contributed by atoms with van der Waals surface area (Å²) in [4.78, 5) is 13.4. The van der Waals surface area contributed by atoms with Crippen molar-refractivity contribution in [3.63, 3.8) is 0 Å². The second-order valence-electron chi connectivity index (χ2n) is 27.8. The van der Waals surface area contributed by atoms with Crippen molar-refractivity contribution in [3.8, 4) is 0 Å². The first-order chi connectivity index (χ1) is 46.8. The molecule has 0 radical (unpaired) electrons. The molecule has 0 aliphatic carbocycles. The van der Waals surface area contributed by atoms with Crippen LogP contribution in [0.25, 0.3) is 0 Å². The lowest BCUT2D eigenvalue weighted by molar-refractivity contribution is -0.379. The third kappa shape index (κ3) is 38.7. The Kier molecular flexibility index (Phi) is 53.4. The number of ether oxygens (including phenoxy) is 6. The Labute approximate surface area is 580 Å². The molecule has 562 valence electrons. The highest BCUT2D eigenvalue weighted by molar-refractivity contribution is 5.76. The number of amides is 1. The number of aliphatic hydroxyl groups excluding tert-OH is 11. The molecule has 19 heteroatoms. The molecule has 19 nitrogen and oxygen atoms in total. The van der Waals surface area contributed by atoms with Crippen LogP contribution in [-0.2, 0) is 33.2 Å². The highest BCUT2D eigenvalue weighted by Crippen LogP contribution is 2.33. The number of rotatable bonds is 61. The maximum absolute atomic E-state index is 13.4. The van der Waals surface area contributed by atoms with Crippen LogP contribution in [0.5, 0.6) is 0 Å². The van der Waals surface area contributed by atoms with E-state index >= 15 is 0 Å². The lowest BCUT2D eigenvalue weighted by Crippen LogP contribution is -2.66. The topological polar surface area (TPSA) is 307 Å². The molecule has 0 aromatic heterocycles. The van der Waals surface area contributed by atoms with Crippen molar-refractivity contribution >= 4 is 5.91 Å². The summed E-state index contributed by atoms with van der Waals surface area (Å²) in [7, 11) is 0. The second kappa shape index (κ2) is 58.3. The Hall–Kier alpha value is -2.25. The lowest BCUT2D eigenvalue weighted by atomic mass is 9.96. The molecule has 3 aliphatic rings. The van der Waals surface area contributed by atoms with Crippen molar-refractivity contribution in [1.29, 1.82) is 0 Å². The maximum Gasteiger partial charge on any atom is 0.220 e. The molecule has 12 N–H and O–H groups in total. The molecule has 17 unspecified atom stereocenters. The van der Waals surface area contributed by atoms with E-state index in [1.54, 1.807) is 6.08 Å². The van der Waals surface area contributed by atoms with Crippen LogP contribution in [0.4, 0.5) is 0 Å². The number of allylic oxidation sites excluding steroid dienone is 7. The van der Waals surface area contributed by atoms with Gasteiger partial charge in [0.1, 0.15) is 73.2 Å². The molecular weight excluding hydrogens is 1230 g/mol. The molecule has 0 aromatic rings. The average Bonchev–Trinajstić information content (AvgIpc) is 0.798. The summed E-state index contributed by atoms with van der Waals surface area (Å²) in [5, 5.41) is 121. The number of carbonyl (C=O) groups excluding carboxylic acids is 1. The van der Waals surface area contributed by atoms with Gasteiger partial charge in [0.05, 0.1) is 38.6 Å². The third-order valence-electron chi connectivity index (χ3n) is 19.3. The highest BCUT2D eigenvalue weighted by Gasteiger charge is 2.53. The fourth-order valence-electron chi connectivity index (χ4n) is 13.1. The van der Waals surface area contributed by atoms with Gasteiger partial charge in [-0.1, -0.05) is 281 Å². The monoisotopic (exact) mass is 1370 g/mol. The Morgan fingerprint density at radius 1 is 0.375 bits per heavy atom. The summed E-state index contributed by atoms with van der Waals surface area (Å²) >= 11 is 0. The van der Waals surface area contributed by atoms with Gasteiger partial charge in [-0.05, 0) is 64.2 Å². The van der Waals surface area contributed by atoms with Crippen LogP contribution in [0.1, 0.15) is 303 Å². The maximum atomic E-state index is 13.4. The van der Waals surface area contributed by atoms with Gasteiger partial charge in [0, 0.05) is 6.42 Å². The van der Waals surface area contributed by atoms with Gasteiger partial charge >= 0.3 is 0 Å². The number of unbranched alkanes of at least 4 members (excludes halogenated alkanes) is 39. The van der Waals surface area contributed by atoms with Crippen LogP contribution in [0.2, 0.25) is 0 Å². The number of aliphatic hydroxyl groups is 11.